The summed E-state index contributed by atoms with van der Waals surface area (Å²) in [5, 5.41) is 12.6. The maximum atomic E-state index is 9.03. The second-order valence-electron chi connectivity index (χ2n) is 8.05. The molecule has 6 heteroatoms. The summed E-state index contributed by atoms with van der Waals surface area (Å²) in [5.74, 6) is 2.35. The summed E-state index contributed by atoms with van der Waals surface area (Å²) in [4.78, 5) is 4.84. The first kappa shape index (κ1) is 21.9. The molecule has 1 heterocycles. The van der Waals surface area contributed by atoms with E-state index >= 15 is 0 Å². The fraction of sp³-hybridized carbons (Fsp3) is 0.652. The Labute approximate surface area is 175 Å². The van der Waals surface area contributed by atoms with Gasteiger partial charge in [0.15, 0.2) is 0 Å². The van der Waals surface area contributed by atoms with Crippen LogP contribution in [0.15, 0.2) is 30.0 Å². The zero-order valence-electron chi connectivity index (χ0n) is 18.0. The number of hydrogen-bond acceptors (Lipinski definition) is 6. The molecule has 1 saturated carbocycles. The topological polar surface area (TPSA) is 57.2 Å². The molecule has 0 spiro atoms. The van der Waals surface area contributed by atoms with Crippen molar-refractivity contribution >= 4 is 0 Å². The molecule has 1 saturated heterocycles. The lowest BCUT2D eigenvalue weighted by atomic mass is 9.81. The van der Waals surface area contributed by atoms with Gasteiger partial charge < -0.3 is 19.9 Å². The highest BCUT2D eigenvalue weighted by atomic mass is 16.5. The van der Waals surface area contributed by atoms with Gasteiger partial charge in [-0.1, -0.05) is 11.6 Å². The van der Waals surface area contributed by atoms with E-state index < -0.39 is 0 Å². The number of aliphatic hydroxyl groups excluding tert-OH is 1. The average Bonchev–Trinajstić information content (AvgIpc) is 2.78. The largest absolute Gasteiger partial charge is 0.497 e. The van der Waals surface area contributed by atoms with E-state index in [1.807, 2.05) is 12.1 Å². The number of nitrogens with zero attached hydrogens (tertiary/aromatic N) is 2. The number of allylic oxidation sites excluding steroid dienone is 1. The summed E-state index contributed by atoms with van der Waals surface area (Å²) in [6.45, 7) is 7.49. The molecule has 2 N–H and O–H groups in total. The third-order valence-electron chi connectivity index (χ3n) is 6.27. The van der Waals surface area contributed by atoms with Crippen LogP contribution in [0.3, 0.4) is 0 Å². The summed E-state index contributed by atoms with van der Waals surface area (Å²) in [6, 6.07) is 6.19. The number of aliphatic hydroxyl groups is 1. The molecule has 0 bridgehead atoms. The van der Waals surface area contributed by atoms with Crippen LogP contribution in [0, 0.1) is 0 Å². The van der Waals surface area contributed by atoms with Crippen molar-refractivity contribution in [2.24, 2.45) is 0 Å². The fourth-order valence-electron chi connectivity index (χ4n) is 4.42. The Morgan fingerprint density at radius 1 is 1.03 bits per heavy atom. The van der Waals surface area contributed by atoms with Gasteiger partial charge in [-0.2, -0.15) is 0 Å². The minimum absolute atomic E-state index is 0.265. The van der Waals surface area contributed by atoms with Crippen molar-refractivity contribution in [3.05, 3.63) is 35.5 Å². The van der Waals surface area contributed by atoms with Gasteiger partial charge in [0.1, 0.15) is 11.5 Å². The van der Waals surface area contributed by atoms with E-state index in [1.54, 1.807) is 14.2 Å². The Morgan fingerprint density at radius 3 is 2.34 bits per heavy atom. The van der Waals surface area contributed by atoms with E-state index in [0.717, 1.165) is 70.2 Å². The van der Waals surface area contributed by atoms with Gasteiger partial charge in [0.05, 0.1) is 20.8 Å². The fourth-order valence-corrected chi connectivity index (χ4v) is 4.42. The van der Waals surface area contributed by atoms with Crippen molar-refractivity contribution in [1.29, 1.82) is 0 Å². The van der Waals surface area contributed by atoms with Crippen LogP contribution in [-0.2, 0) is 0 Å². The van der Waals surface area contributed by atoms with Crippen LogP contribution >= 0.6 is 0 Å². The molecule has 2 fully saturated rings. The van der Waals surface area contributed by atoms with Crippen molar-refractivity contribution < 1.29 is 14.6 Å². The van der Waals surface area contributed by atoms with Gasteiger partial charge in [-0.3, -0.25) is 9.80 Å². The molecule has 3 rings (SSSR count). The molecule has 2 aliphatic rings. The maximum Gasteiger partial charge on any atom is 0.126 e. The van der Waals surface area contributed by atoms with Gasteiger partial charge in [-0.25, -0.2) is 0 Å². The van der Waals surface area contributed by atoms with E-state index in [9.17, 15) is 0 Å². The summed E-state index contributed by atoms with van der Waals surface area (Å²) < 4.78 is 10.9. The summed E-state index contributed by atoms with van der Waals surface area (Å²) >= 11 is 0. The molecule has 1 aliphatic heterocycles. The summed E-state index contributed by atoms with van der Waals surface area (Å²) in [7, 11) is 3.43. The number of rotatable bonds is 9. The lowest BCUT2D eigenvalue weighted by Crippen LogP contribution is -2.48. The van der Waals surface area contributed by atoms with Gasteiger partial charge >= 0.3 is 0 Å². The predicted octanol–water partition coefficient (Wildman–Crippen LogP) is 2.44. The molecule has 0 radical (unpaired) electrons. The van der Waals surface area contributed by atoms with Gasteiger partial charge in [0.2, 0.25) is 0 Å². The number of piperazine rings is 1. The molecule has 0 aromatic heterocycles. The van der Waals surface area contributed by atoms with Crippen LogP contribution in [0.1, 0.15) is 37.2 Å². The van der Waals surface area contributed by atoms with Gasteiger partial charge in [-0.05, 0) is 49.4 Å². The SMILES string of the molecule is COc1ccc(C2CCC(=CNCCN3CCN(CCO)CC3)CC2)c(OC)c1. The Kier molecular flexibility index (Phi) is 8.65. The number of hydrogen-bond donors (Lipinski definition) is 2. The first-order chi connectivity index (χ1) is 14.2. The first-order valence-electron chi connectivity index (χ1n) is 10.9. The monoisotopic (exact) mass is 403 g/mol. The van der Waals surface area contributed by atoms with E-state index in [0.29, 0.717) is 5.92 Å². The quantitative estimate of drug-likeness (QED) is 0.618. The highest BCUT2D eigenvalue weighted by Crippen LogP contribution is 2.40. The average molecular weight is 404 g/mol. The lowest BCUT2D eigenvalue weighted by Gasteiger charge is -2.34. The Bertz CT molecular complexity index is 647. The van der Waals surface area contributed by atoms with Crippen LogP contribution in [-0.4, -0.2) is 81.5 Å². The molecular weight excluding hydrogens is 366 g/mol. The van der Waals surface area contributed by atoms with Crippen molar-refractivity contribution in [1.82, 2.24) is 15.1 Å². The van der Waals surface area contributed by atoms with Crippen molar-refractivity contribution in [3.63, 3.8) is 0 Å². The molecule has 1 aliphatic carbocycles. The van der Waals surface area contributed by atoms with Gasteiger partial charge in [-0.15, -0.1) is 0 Å². The molecule has 6 nitrogen and oxygen atoms in total. The van der Waals surface area contributed by atoms with Gasteiger partial charge in [0, 0.05) is 51.9 Å². The molecule has 1 aromatic carbocycles. The van der Waals surface area contributed by atoms with E-state index in [1.165, 1.54) is 24.0 Å². The number of β-amino-alcohol motifs (C(OH)–C–C–N with tert-alkyl or cyclic N) is 1. The maximum absolute atomic E-state index is 9.03. The molecule has 1 aromatic rings. The number of methoxy groups -OCH3 is 2. The second kappa shape index (κ2) is 11.4. The van der Waals surface area contributed by atoms with E-state index in [4.69, 9.17) is 14.6 Å². The molecule has 0 atom stereocenters. The number of nitrogens with one attached hydrogen (secondary N) is 1. The van der Waals surface area contributed by atoms with E-state index in [2.05, 4.69) is 27.4 Å². The molecule has 162 valence electrons. The highest BCUT2D eigenvalue weighted by Gasteiger charge is 2.22. The van der Waals surface area contributed by atoms with Crippen molar-refractivity contribution in [2.75, 3.05) is 66.6 Å². The van der Waals surface area contributed by atoms with Gasteiger partial charge in [0.25, 0.3) is 0 Å². The third-order valence-corrected chi connectivity index (χ3v) is 6.27. The summed E-state index contributed by atoms with van der Waals surface area (Å²) in [5.41, 5.74) is 2.84. The van der Waals surface area contributed by atoms with Crippen molar-refractivity contribution in [3.8, 4) is 11.5 Å². The number of ether oxygens (including phenoxy) is 2. The Balaban J connectivity index is 1.38. The summed E-state index contributed by atoms with van der Waals surface area (Å²) in [6.07, 6.45) is 6.88. The van der Waals surface area contributed by atoms with E-state index in [-0.39, 0.29) is 6.61 Å². The predicted molar refractivity (Wildman–Crippen MR) is 117 cm³/mol. The zero-order valence-corrected chi connectivity index (χ0v) is 18.0. The second-order valence-corrected chi connectivity index (χ2v) is 8.05. The minimum atomic E-state index is 0.265. The Morgan fingerprint density at radius 2 is 1.72 bits per heavy atom. The molecule has 0 unspecified atom stereocenters. The first-order valence-corrected chi connectivity index (χ1v) is 10.9. The third kappa shape index (κ3) is 6.36. The normalized spacial score (nSPS) is 21.1. The zero-order chi connectivity index (χ0) is 20.5. The molecule has 29 heavy (non-hydrogen) atoms. The Hall–Kier alpha value is -1.76. The highest BCUT2D eigenvalue weighted by molar-refractivity contribution is 5.43. The molecule has 0 amide bonds. The van der Waals surface area contributed by atoms with Crippen molar-refractivity contribution in [2.45, 2.75) is 31.6 Å². The van der Waals surface area contributed by atoms with Crippen LogP contribution in [0.2, 0.25) is 0 Å². The molecular formula is C23H37N3O3. The van der Waals surface area contributed by atoms with Crippen LogP contribution < -0.4 is 14.8 Å². The van der Waals surface area contributed by atoms with Crippen LogP contribution in [0.25, 0.3) is 0 Å². The minimum Gasteiger partial charge on any atom is -0.497 e. The van der Waals surface area contributed by atoms with Crippen LogP contribution in [0.5, 0.6) is 11.5 Å². The smallest absolute Gasteiger partial charge is 0.126 e. The lowest BCUT2D eigenvalue weighted by molar-refractivity contribution is 0.114. The standard InChI is InChI=1S/C23H37N3O3/c1-28-21-7-8-22(23(17-21)29-2)20-5-3-19(4-6-20)18-24-9-10-25-11-13-26(14-12-25)15-16-27/h7-8,17-18,20,24,27H,3-6,9-16H2,1-2H3. The number of benzene rings is 1. The van der Waals surface area contributed by atoms with Crippen LogP contribution in [0.4, 0.5) is 0 Å².